The number of nitrogens with one attached hydrogen (secondary N) is 1. The topological polar surface area (TPSA) is 65.6 Å². The van der Waals surface area contributed by atoms with Crippen molar-refractivity contribution in [2.24, 2.45) is 5.92 Å². The molecule has 2 fully saturated rings. The largest absolute Gasteiger partial charge is 0.495 e. The van der Waals surface area contributed by atoms with Crippen LogP contribution in [0.5, 0.6) is 5.75 Å². The highest BCUT2D eigenvalue weighted by Crippen LogP contribution is 2.44. The molecule has 2 aliphatic heterocycles. The number of hydrogen-bond donors (Lipinski definition) is 2. The Bertz CT molecular complexity index is 889. The number of fused-ring (bicyclic) bond motifs is 3. The van der Waals surface area contributed by atoms with Gasteiger partial charge < -0.3 is 19.7 Å². The van der Waals surface area contributed by atoms with E-state index in [1.54, 1.807) is 7.11 Å². The van der Waals surface area contributed by atoms with Gasteiger partial charge in [-0.3, -0.25) is 4.79 Å². The maximum atomic E-state index is 13.6. The summed E-state index contributed by atoms with van der Waals surface area (Å²) in [5.74, 6) is 0.989. The summed E-state index contributed by atoms with van der Waals surface area (Å²) in [5.41, 5.74) is 1.11. The number of amides is 1. The van der Waals surface area contributed by atoms with Gasteiger partial charge in [0.2, 0.25) is 5.91 Å². The standard InChI is InChI=1S/C22H29ClN2O3/c1-12-7-14-9-22(3,27)10-15(8-12)25(14)21(26)13(2)16-11-24-17-5-6-18(28-4)20(23)19(16)17/h5-6,11-15,24,27H,7-10H2,1-4H3. The Hall–Kier alpha value is -1.72. The molecule has 152 valence electrons. The van der Waals surface area contributed by atoms with Gasteiger partial charge >= 0.3 is 0 Å². The molecule has 1 aromatic carbocycles. The maximum absolute atomic E-state index is 13.6. The zero-order chi connectivity index (χ0) is 20.2. The summed E-state index contributed by atoms with van der Waals surface area (Å²) in [5, 5.41) is 12.0. The average molecular weight is 405 g/mol. The minimum atomic E-state index is -0.688. The van der Waals surface area contributed by atoms with Crippen molar-refractivity contribution in [3.8, 4) is 5.75 Å². The van der Waals surface area contributed by atoms with Crippen molar-refractivity contribution in [2.75, 3.05) is 7.11 Å². The van der Waals surface area contributed by atoms with Crippen LogP contribution >= 0.6 is 11.6 Å². The molecule has 2 saturated heterocycles. The van der Waals surface area contributed by atoms with Gasteiger partial charge in [-0.15, -0.1) is 0 Å². The third kappa shape index (κ3) is 3.18. The lowest BCUT2D eigenvalue weighted by atomic mass is 9.72. The molecule has 28 heavy (non-hydrogen) atoms. The molecule has 0 radical (unpaired) electrons. The van der Waals surface area contributed by atoms with Crippen molar-refractivity contribution in [3.63, 3.8) is 0 Å². The molecule has 0 spiro atoms. The Morgan fingerprint density at radius 2 is 2.00 bits per heavy atom. The molecule has 0 saturated carbocycles. The smallest absolute Gasteiger partial charge is 0.230 e. The van der Waals surface area contributed by atoms with Gasteiger partial charge in [0.15, 0.2) is 0 Å². The number of carbonyl (C=O) groups is 1. The number of ether oxygens (including phenoxy) is 1. The van der Waals surface area contributed by atoms with E-state index in [-0.39, 0.29) is 23.9 Å². The average Bonchev–Trinajstić information content (AvgIpc) is 3.04. The molecule has 2 N–H and O–H groups in total. The summed E-state index contributed by atoms with van der Waals surface area (Å²) in [7, 11) is 1.59. The fraction of sp³-hybridized carbons (Fsp3) is 0.591. The molecule has 2 aliphatic rings. The van der Waals surface area contributed by atoms with E-state index < -0.39 is 5.60 Å². The first-order valence-corrected chi connectivity index (χ1v) is 10.5. The van der Waals surface area contributed by atoms with Crippen LogP contribution in [0.4, 0.5) is 0 Å². The Labute approximate surface area is 171 Å². The van der Waals surface area contributed by atoms with E-state index >= 15 is 0 Å². The van der Waals surface area contributed by atoms with Crippen molar-refractivity contribution < 1.29 is 14.6 Å². The SMILES string of the molecule is COc1ccc2[nH]cc(C(C)C(=O)N3C4CC(C)CC3CC(C)(O)C4)c2c1Cl. The van der Waals surface area contributed by atoms with Crippen LogP contribution in [0.2, 0.25) is 5.02 Å². The fourth-order valence-corrected chi connectivity index (χ4v) is 5.77. The van der Waals surface area contributed by atoms with Crippen LogP contribution < -0.4 is 4.74 Å². The monoisotopic (exact) mass is 404 g/mol. The van der Waals surface area contributed by atoms with Crippen molar-refractivity contribution in [3.05, 3.63) is 28.9 Å². The summed E-state index contributed by atoms with van der Waals surface area (Å²) < 4.78 is 5.36. The molecule has 3 atom stereocenters. The van der Waals surface area contributed by atoms with Crippen molar-refractivity contribution >= 4 is 28.4 Å². The molecule has 2 aromatic rings. The van der Waals surface area contributed by atoms with Gasteiger partial charge in [0.05, 0.1) is 23.7 Å². The number of carbonyl (C=O) groups excluding carboxylic acids is 1. The number of piperidine rings is 2. The number of aromatic amines is 1. The highest BCUT2D eigenvalue weighted by atomic mass is 35.5. The summed E-state index contributed by atoms with van der Waals surface area (Å²) in [4.78, 5) is 18.9. The van der Waals surface area contributed by atoms with E-state index in [0.717, 1.165) is 29.3 Å². The first-order chi connectivity index (χ1) is 13.2. The summed E-state index contributed by atoms with van der Waals surface area (Å²) in [6.45, 7) is 6.10. The van der Waals surface area contributed by atoms with Crippen molar-refractivity contribution in [2.45, 2.75) is 70.1 Å². The lowest BCUT2D eigenvalue weighted by Crippen LogP contribution is -2.61. The van der Waals surface area contributed by atoms with Crippen LogP contribution in [0.15, 0.2) is 18.3 Å². The van der Waals surface area contributed by atoms with E-state index in [9.17, 15) is 9.90 Å². The van der Waals surface area contributed by atoms with Gasteiger partial charge in [-0.1, -0.05) is 18.5 Å². The maximum Gasteiger partial charge on any atom is 0.230 e. The van der Waals surface area contributed by atoms with Gasteiger partial charge in [-0.2, -0.15) is 0 Å². The Kier molecular flexibility index (Phi) is 4.87. The number of methoxy groups -OCH3 is 1. The fourth-order valence-electron chi connectivity index (χ4n) is 5.42. The third-order valence-electron chi connectivity index (χ3n) is 6.58. The van der Waals surface area contributed by atoms with Crippen LogP contribution in [-0.4, -0.2) is 45.7 Å². The van der Waals surface area contributed by atoms with E-state index in [0.29, 0.717) is 29.5 Å². The second kappa shape index (κ2) is 6.96. The van der Waals surface area contributed by atoms with Crippen molar-refractivity contribution in [1.29, 1.82) is 0 Å². The molecule has 4 rings (SSSR count). The van der Waals surface area contributed by atoms with Crippen molar-refractivity contribution in [1.82, 2.24) is 9.88 Å². The first-order valence-electron chi connectivity index (χ1n) is 10.1. The molecule has 1 amide bonds. The predicted molar refractivity (Wildman–Crippen MR) is 111 cm³/mol. The molecule has 2 bridgehead atoms. The van der Waals surface area contributed by atoms with Gasteiger partial charge in [-0.05, 0) is 63.1 Å². The van der Waals surface area contributed by atoms with Crippen LogP contribution in [0.3, 0.4) is 0 Å². The summed E-state index contributed by atoms with van der Waals surface area (Å²) in [6.07, 6.45) is 5.09. The summed E-state index contributed by atoms with van der Waals surface area (Å²) >= 11 is 6.57. The van der Waals surface area contributed by atoms with Crippen LogP contribution in [0.1, 0.15) is 57.9 Å². The predicted octanol–water partition coefficient (Wildman–Crippen LogP) is 4.47. The van der Waals surface area contributed by atoms with E-state index in [1.807, 2.05) is 32.2 Å². The second-order valence-electron chi connectivity index (χ2n) is 9.00. The third-order valence-corrected chi connectivity index (χ3v) is 6.95. The Morgan fingerprint density at radius 1 is 1.36 bits per heavy atom. The number of nitrogens with zero attached hydrogens (tertiary/aromatic N) is 1. The van der Waals surface area contributed by atoms with Crippen LogP contribution in [0.25, 0.3) is 10.9 Å². The molecule has 6 heteroatoms. The van der Waals surface area contributed by atoms with Gasteiger partial charge in [0, 0.05) is 29.2 Å². The number of aromatic nitrogens is 1. The molecule has 3 unspecified atom stereocenters. The first kappa shape index (κ1) is 19.6. The van der Waals surface area contributed by atoms with Gasteiger partial charge in [0.1, 0.15) is 5.75 Å². The highest BCUT2D eigenvalue weighted by Gasteiger charge is 2.47. The number of hydrogen-bond acceptors (Lipinski definition) is 3. The number of aliphatic hydroxyl groups is 1. The quantitative estimate of drug-likeness (QED) is 0.792. The zero-order valence-electron chi connectivity index (χ0n) is 17.0. The normalized spacial score (nSPS) is 31.1. The lowest BCUT2D eigenvalue weighted by molar-refractivity contribution is -0.153. The number of benzene rings is 1. The molecule has 3 heterocycles. The van der Waals surface area contributed by atoms with Gasteiger partial charge in [0.25, 0.3) is 0 Å². The number of halogens is 1. The summed E-state index contributed by atoms with van der Waals surface area (Å²) in [6, 6.07) is 3.95. The van der Waals surface area contributed by atoms with Gasteiger partial charge in [-0.25, -0.2) is 0 Å². The van der Waals surface area contributed by atoms with Crippen LogP contribution in [0, 0.1) is 5.92 Å². The number of H-pyrrole nitrogens is 1. The minimum Gasteiger partial charge on any atom is -0.495 e. The zero-order valence-corrected chi connectivity index (χ0v) is 17.7. The van der Waals surface area contributed by atoms with Crippen LogP contribution in [-0.2, 0) is 4.79 Å². The molecule has 0 aliphatic carbocycles. The molecular weight excluding hydrogens is 376 g/mol. The Morgan fingerprint density at radius 3 is 2.61 bits per heavy atom. The highest BCUT2D eigenvalue weighted by molar-refractivity contribution is 6.37. The lowest BCUT2D eigenvalue weighted by Gasteiger charge is -2.53. The minimum absolute atomic E-state index is 0.0997. The van der Waals surface area contributed by atoms with E-state index in [4.69, 9.17) is 16.3 Å². The number of rotatable bonds is 3. The molecule has 1 aromatic heterocycles. The van der Waals surface area contributed by atoms with E-state index in [2.05, 4.69) is 16.8 Å². The van der Waals surface area contributed by atoms with E-state index in [1.165, 1.54) is 0 Å². The molecule has 5 nitrogen and oxygen atoms in total. The molecular formula is C22H29ClN2O3. The Balaban J connectivity index is 1.68. The second-order valence-corrected chi connectivity index (χ2v) is 9.38.